The van der Waals surface area contributed by atoms with E-state index in [0.717, 1.165) is 17.0 Å². The summed E-state index contributed by atoms with van der Waals surface area (Å²) in [6, 6.07) is 3.81. The second-order valence-corrected chi connectivity index (χ2v) is 2.98. The normalized spacial score (nSPS) is 10.1. The van der Waals surface area contributed by atoms with Crippen LogP contribution in [0.3, 0.4) is 0 Å². The molecular formula is C10H10N4. The SMILES string of the molecule is Cc1ccc(-c2cnccn2)c(N)n1. The quantitative estimate of drug-likeness (QED) is 0.731. The number of hydrogen-bond donors (Lipinski definition) is 1. The maximum absolute atomic E-state index is 5.77. The highest BCUT2D eigenvalue weighted by molar-refractivity contribution is 5.70. The molecule has 0 saturated heterocycles. The van der Waals surface area contributed by atoms with Gasteiger partial charge >= 0.3 is 0 Å². The maximum Gasteiger partial charge on any atom is 0.133 e. The molecule has 0 aliphatic rings. The van der Waals surface area contributed by atoms with E-state index in [1.807, 2.05) is 19.1 Å². The van der Waals surface area contributed by atoms with E-state index in [1.165, 1.54) is 0 Å². The van der Waals surface area contributed by atoms with Crippen molar-refractivity contribution in [2.75, 3.05) is 5.73 Å². The highest BCUT2D eigenvalue weighted by Crippen LogP contribution is 2.21. The molecule has 0 fully saturated rings. The van der Waals surface area contributed by atoms with Crippen molar-refractivity contribution in [3.63, 3.8) is 0 Å². The van der Waals surface area contributed by atoms with E-state index in [2.05, 4.69) is 15.0 Å². The molecule has 0 aliphatic heterocycles. The summed E-state index contributed by atoms with van der Waals surface area (Å²) in [5, 5.41) is 0. The number of rotatable bonds is 1. The van der Waals surface area contributed by atoms with Gasteiger partial charge in [0.1, 0.15) is 5.82 Å². The molecular weight excluding hydrogens is 176 g/mol. The monoisotopic (exact) mass is 186 g/mol. The van der Waals surface area contributed by atoms with E-state index in [1.54, 1.807) is 18.6 Å². The molecule has 2 rings (SSSR count). The lowest BCUT2D eigenvalue weighted by Gasteiger charge is -2.03. The third-order valence-corrected chi connectivity index (χ3v) is 1.90. The van der Waals surface area contributed by atoms with E-state index in [-0.39, 0.29) is 0 Å². The Morgan fingerprint density at radius 2 is 2.07 bits per heavy atom. The molecule has 4 nitrogen and oxygen atoms in total. The van der Waals surface area contributed by atoms with Crippen molar-refractivity contribution in [1.29, 1.82) is 0 Å². The van der Waals surface area contributed by atoms with Crippen LogP contribution in [-0.4, -0.2) is 15.0 Å². The molecule has 2 aromatic heterocycles. The van der Waals surface area contributed by atoms with Crippen LogP contribution in [-0.2, 0) is 0 Å². The van der Waals surface area contributed by atoms with E-state index in [9.17, 15) is 0 Å². The minimum absolute atomic E-state index is 0.491. The van der Waals surface area contributed by atoms with Crippen molar-refractivity contribution in [2.24, 2.45) is 0 Å². The number of pyridine rings is 1. The molecule has 0 aliphatic carbocycles. The Balaban J connectivity index is 2.53. The minimum Gasteiger partial charge on any atom is -0.383 e. The van der Waals surface area contributed by atoms with Gasteiger partial charge in [-0.05, 0) is 19.1 Å². The largest absolute Gasteiger partial charge is 0.383 e. The Bertz CT molecular complexity index is 439. The van der Waals surface area contributed by atoms with Crippen molar-refractivity contribution < 1.29 is 0 Å². The first kappa shape index (κ1) is 8.62. The number of hydrogen-bond acceptors (Lipinski definition) is 4. The van der Waals surface area contributed by atoms with Crippen molar-refractivity contribution in [1.82, 2.24) is 15.0 Å². The molecule has 0 atom stereocenters. The molecule has 0 spiro atoms. The fourth-order valence-electron chi connectivity index (χ4n) is 1.23. The number of nitrogens with zero attached hydrogens (tertiary/aromatic N) is 3. The first-order valence-electron chi connectivity index (χ1n) is 4.27. The van der Waals surface area contributed by atoms with Gasteiger partial charge in [0.15, 0.2) is 0 Å². The summed E-state index contributed by atoms with van der Waals surface area (Å²) in [5.74, 6) is 0.491. The molecule has 0 aromatic carbocycles. The van der Waals surface area contributed by atoms with Gasteiger partial charge in [-0.15, -0.1) is 0 Å². The number of nitrogens with two attached hydrogens (primary N) is 1. The fraction of sp³-hybridized carbons (Fsp3) is 0.100. The minimum atomic E-state index is 0.491. The number of anilines is 1. The molecule has 0 unspecified atom stereocenters. The summed E-state index contributed by atoms with van der Waals surface area (Å²) in [6.07, 6.45) is 4.93. The highest BCUT2D eigenvalue weighted by atomic mass is 14.9. The molecule has 0 saturated carbocycles. The van der Waals surface area contributed by atoms with Gasteiger partial charge in [0.25, 0.3) is 0 Å². The summed E-state index contributed by atoms with van der Waals surface area (Å²) in [4.78, 5) is 12.3. The topological polar surface area (TPSA) is 64.7 Å². The Morgan fingerprint density at radius 1 is 1.21 bits per heavy atom. The molecule has 0 bridgehead atoms. The van der Waals surface area contributed by atoms with Crippen molar-refractivity contribution in [3.8, 4) is 11.3 Å². The predicted octanol–water partition coefficient (Wildman–Crippen LogP) is 1.43. The molecule has 70 valence electrons. The Kier molecular flexibility index (Phi) is 2.10. The van der Waals surface area contributed by atoms with Crippen molar-refractivity contribution in [2.45, 2.75) is 6.92 Å². The first-order valence-corrected chi connectivity index (χ1v) is 4.27. The van der Waals surface area contributed by atoms with Gasteiger partial charge in [-0.2, -0.15) is 0 Å². The van der Waals surface area contributed by atoms with Gasteiger partial charge in [-0.25, -0.2) is 4.98 Å². The zero-order valence-electron chi connectivity index (χ0n) is 7.81. The number of nitrogen functional groups attached to an aromatic ring is 1. The van der Waals surface area contributed by atoms with Crippen LogP contribution in [0.5, 0.6) is 0 Å². The van der Waals surface area contributed by atoms with E-state index < -0.39 is 0 Å². The molecule has 0 radical (unpaired) electrons. The van der Waals surface area contributed by atoms with Gasteiger partial charge in [0.2, 0.25) is 0 Å². The maximum atomic E-state index is 5.77. The van der Waals surface area contributed by atoms with Crippen LogP contribution in [0.2, 0.25) is 0 Å². The van der Waals surface area contributed by atoms with Crippen LogP contribution in [0.25, 0.3) is 11.3 Å². The number of aromatic nitrogens is 3. The van der Waals surface area contributed by atoms with Crippen molar-refractivity contribution in [3.05, 3.63) is 36.4 Å². The summed E-state index contributed by atoms with van der Waals surface area (Å²) in [5.41, 5.74) is 8.24. The zero-order chi connectivity index (χ0) is 9.97. The smallest absolute Gasteiger partial charge is 0.133 e. The lowest BCUT2D eigenvalue weighted by molar-refractivity contribution is 1.17. The highest BCUT2D eigenvalue weighted by Gasteiger charge is 2.04. The van der Waals surface area contributed by atoms with Crippen molar-refractivity contribution >= 4 is 5.82 Å². The second kappa shape index (κ2) is 3.41. The molecule has 0 amide bonds. The molecule has 2 heterocycles. The fourth-order valence-corrected chi connectivity index (χ4v) is 1.23. The van der Waals surface area contributed by atoms with Gasteiger partial charge in [-0.3, -0.25) is 9.97 Å². The Morgan fingerprint density at radius 3 is 2.71 bits per heavy atom. The summed E-state index contributed by atoms with van der Waals surface area (Å²) in [7, 11) is 0. The Labute approximate surface area is 81.9 Å². The van der Waals surface area contributed by atoms with E-state index in [4.69, 9.17) is 5.73 Å². The third kappa shape index (κ3) is 1.54. The van der Waals surface area contributed by atoms with Crippen LogP contribution in [0.15, 0.2) is 30.7 Å². The lowest BCUT2D eigenvalue weighted by atomic mass is 10.2. The molecule has 4 heteroatoms. The third-order valence-electron chi connectivity index (χ3n) is 1.90. The first-order chi connectivity index (χ1) is 6.77. The van der Waals surface area contributed by atoms with Crippen LogP contribution >= 0.6 is 0 Å². The molecule has 2 aromatic rings. The summed E-state index contributed by atoms with van der Waals surface area (Å²) >= 11 is 0. The predicted molar refractivity (Wildman–Crippen MR) is 54.4 cm³/mol. The van der Waals surface area contributed by atoms with Gasteiger partial charge in [0, 0.05) is 23.7 Å². The van der Waals surface area contributed by atoms with Crippen LogP contribution in [0.1, 0.15) is 5.69 Å². The second-order valence-electron chi connectivity index (χ2n) is 2.98. The summed E-state index contributed by atoms with van der Waals surface area (Å²) < 4.78 is 0. The average molecular weight is 186 g/mol. The summed E-state index contributed by atoms with van der Waals surface area (Å²) in [6.45, 7) is 1.90. The zero-order valence-corrected chi connectivity index (χ0v) is 7.81. The van der Waals surface area contributed by atoms with Gasteiger partial charge in [-0.1, -0.05) is 0 Å². The van der Waals surface area contributed by atoms with E-state index in [0.29, 0.717) is 5.82 Å². The molecule has 14 heavy (non-hydrogen) atoms. The number of aryl methyl sites for hydroxylation is 1. The standard InChI is InChI=1S/C10H10N4/c1-7-2-3-8(10(11)14-7)9-6-12-4-5-13-9/h2-6H,1H3,(H2,11,14). The van der Waals surface area contributed by atoms with Gasteiger partial charge < -0.3 is 5.73 Å². The van der Waals surface area contributed by atoms with Crippen LogP contribution in [0.4, 0.5) is 5.82 Å². The lowest BCUT2D eigenvalue weighted by Crippen LogP contribution is -1.96. The van der Waals surface area contributed by atoms with Crippen LogP contribution < -0.4 is 5.73 Å². The molecule has 2 N–H and O–H groups in total. The van der Waals surface area contributed by atoms with Crippen LogP contribution in [0, 0.1) is 6.92 Å². The Hall–Kier alpha value is -1.97. The van der Waals surface area contributed by atoms with Gasteiger partial charge in [0.05, 0.1) is 11.9 Å². The average Bonchev–Trinajstić information content (AvgIpc) is 2.19. The van der Waals surface area contributed by atoms with E-state index >= 15 is 0 Å².